The van der Waals surface area contributed by atoms with Crippen LogP contribution in [0.1, 0.15) is 31.1 Å². The van der Waals surface area contributed by atoms with Crippen LogP contribution in [-0.4, -0.2) is 28.8 Å². The average molecular weight is 330 g/mol. The van der Waals surface area contributed by atoms with Gasteiger partial charge >= 0.3 is 0 Å². The maximum Gasteiger partial charge on any atom is 0.238 e. The van der Waals surface area contributed by atoms with Gasteiger partial charge in [-0.2, -0.15) is 0 Å². The molecule has 1 rings (SSSR count). The lowest BCUT2D eigenvalue weighted by Gasteiger charge is -2.28. The summed E-state index contributed by atoms with van der Waals surface area (Å²) in [7, 11) is 0. The molecule has 0 saturated carbocycles. The van der Waals surface area contributed by atoms with Gasteiger partial charge in [0.2, 0.25) is 5.91 Å². The normalized spacial score (nSPS) is 11.7. The fourth-order valence-corrected chi connectivity index (χ4v) is 2.74. The second kappa shape index (κ2) is 8.48. The van der Waals surface area contributed by atoms with Gasteiger partial charge < -0.3 is 0 Å². The molecule has 23 heavy (non-hydrogen) atoms. The van der Waals surface area contributed by atoms with Crippen molar-refractivity contribution in [1.82, 2.24) is 4.31 Å². The van der Waals surface area contributed by atoms with Crippen molar-refractivity contribution in [1.29, 1.82) is 0 Å². The van der Waals surface area contributed by atoms with Crippen LogP contribution in [0.3, 0.4) is 0 Å². The zero-order chi connectivity index (χ0) is 17.5. The Morgan fingerprint density at radius 1 is 1.26 bits per heavy atom. The molecule has 0 bridgehead atoms. The van der Waals surface area contributed by atoms with E-state index < -0.39 is 5.41 Å². The van der Waals surface area contributed by atoms with E-state index in [1.807, 2.05) is 32.9 Å². The molecule has 0 saturated heterocycles. The van der Waals surface area contributed by atoms with Gasteiger partial charge in [-0.3, -0.25) is 18.9 Å². The van der Waals surface area contributed by atoms with Crippen molar-refractivity contribution in [2.75, 3.05) is 6.54 Å². The van der Waals surface area contributed by atoms with E-state index >= 15 is 0 Å². The fourth-order valence-electron chi connectivity index (χ4n) is 1.68. The highest BCUT2D eigenvalue weighted by Gasteiger charge is 2.28. The van der Waals surface area contributed by atoms with Crippen molar-refractivity contribution in [2.45, 2.75) is 25.7 Å². The third kappa shape index (κ3) is 5.87. The Labute approximate surface area is 142 Å². The molecule has 0 N–H and O–H groups in total. The van der Waals surface area contributed by atoms with E-state index in [0.29, 0.717) is 17.8 Å². The Morgan fingerprint density at radius 3 is 2.30 bits per heavy atom. The van der Waals surface area contributed by atoms with Crippen LogP contribution in [0.4, 0.5) is 0 Å². The molecule has 4 nitrogen and oxygen atoms in total. The van der Waals surface area contributed by atoms with Crippen LogP contribution in [0.2, 0.25) is 0 Å². The topological polar surface area (TPSA) is 49.7 Å². The highest BCUT2D eigenvalue weighted by molar-refractivity contribution is 7.97. The molecule has 1 aromatic carbocycles. The maximum atomic E-state index is 12.7. The van der Waals surface area contributed by atoms with E-state index in [2.05, 4.69) is 18.2 Å². The van der Waals surface area contributed by atoms with E-state index in [1.54, 1.807) is 22.5 Å². The number of amides is 1. The fraction of sp³-hybridized carbons (Fsp3) is 0.278. The van der Waals surface area contributed by atoms with Gasteiger partial charge in [-0.05, 0) is 30.2 Å². The van der Waals surface area contributed by atoms with Gasteiger partial charge in [0.1, 0.15) is 6.29 Å². The van der Waals surface area contributed by atoms with Crippen LogP contribution >= 0.6 is 11.9 Å². The van der Waals surface area contributed by atoms with Gasteiger partial charge in [-0.15, -0.1) is 0 Å². The largest absolute Gasteiger partial charge is 0.298 e. The van der Waals surface area contributed by atoms with Crippen molar-refractivity contribution in [3.05, 3.63) is 55.3 Å². The van der Waals surface area contributed by atoms with Crippen LogP contribution < -0.4 is 0 Å². The van der Waals surface area contributed by atoms with E-state index in [1.165, 1.54) is 18.1 Å². The molecule has 5 heteroatoms. The molecule has 1 aromatic rings. The smallest absolute Gasteiger partial charge is 0.238 e. The highest BCUT2D eigenvalue weighted by Crippen LogP contribution is 2.28. The van der Waals surface area contributed by atoms with Crippen LogP contribution in [0.5, 0.6) is 0 Å². The second-order valence-electron chi connectivity index (χ2n) is 5.88. The first-order chi connectivity index (χ1) is 10.8. The highest BCUT2D eigenvalue weighted by atomic mass is 32.2. The van der Waals surface area contributed by atoms with Gasteiger partial charge in [0.05, 0.1) is 12.3 Å². The zero-order valence-electron chi connectivity index (χ0n) is 13.8. The molecular weight excluding hydrogens is 308 g/mol. The third-order valence-electron chi connectivity index (χ3n) is 2.90. The standard InChI is InChI=1S/C18H22N2O2S/c1-6-15(19-7-2)12-20(17(22)18(3,4)5)23-16-10-8-14(13-21)9-11-16/h6-11,13H,1-2,12H2,3-5H3. The predicted molar refractivity (Wildman–Crippen MR) is 96.7 cm³/mol. The first-order valence-electron chi connectivity index (χ1n) is 7.17. The molecule has 0 aliphatic rings. The Balaban J connectivity index is 3.04. The van der Waals surface area contributed by atoms with Gasteiger partial charge in [0, 0.05) is 22.1 Å². The quantitative estimate of drug-likeness (QED) is 0.429. The summed E-state index contributed by atoms with van der Waals surface area (Å²) in [5.74, 6) is -0.0134. The van der Waals surface area contributed by atoms with E-state index in [9.17, 15) is 9.59 Å². The second-order valence-corrected chi connectivity index (χ2v) is 6.97. The van der Waals surface area contributed by atoms with Crippen LogP contribution in [0.15, 0.2) is 59.6 Å². The number of hydrogen-bond donors (Lipinski definition) is 0. The molecule has 0 fully saturated rings. The Kier molecular flexibility index (Phi) is 6.97. The molecule has 0 aliphatic heterocycles. The summed E-state index contributed by atoms with van der Waals surface area (Å²) in [4.78, 5) is 28.4. The molecule has 0 radical (unpaired) electrons. The Bertz CT molecular complexity index is 613. The van der Waals surface area contributed by atoms with Crippen molar-refractivity contribution in [3.63, 3.8) is 0 Å². The van der Waals surface area contributed by atoms with E-state index in [4.69, 9.17) is 0 Å². The first kappa shape index (κ1) is 18.9. The lowest BCUT2D eigenvalue weighted by Crippen LogP contribution is -2.37. The summed E-state index contributed by atoms with van der Waals surface area (Å²) >= 11 is 1.32. The molecule has 0 spiro atoms. The molecule has 0 aromatic heterocycles. The van der Waals surface area contributed by atoms with E-state index in [-0.39, 0.29) is 5.91 Å². The molecule has 122 valence electrons. The van der Waals surface area contributed by atoms with Crippen LogP contribution in [0.25, 0.3) is 0 Å². The lowest BCUT2D eigenvalue weighted by atomic mass is 9.95. The van der Waals surface area contributed by atoms with Crippen molar-refractivity contribution in [3.8, 4) is 0 Å². The van der Waals surface area contributed by atoms with Gasteiger partial charge in [-0.1, -0.05) is 46.1 Å². The van der Waals surface area contributed by atoms with Crippen molar-refractivity contribution in [2.24, 2.45) is 10.4 Å². The number of carbonyl (C=O) groups excluding carboxylic acids is 2. The summed E-state index contributed by atoms with van der Waals surface area (Å²) < 4.78 is 1.65. The third-order valence-corrected chi connectivity index (χ3v) is 3.90. The summed E-state index contributed by atoms with van der Waals surface area (Å²) in [5.41, 5.74) is 0.744. The maximum absolute atomic E-state index is 12.7. The average Bonchev–Trinajstić information content (AvgIpc) is 2.52. The minimum Gasteiger partial charge on any atom is -0.298 e. The van der Waals surface area contributed by atoms with Crippen molar-refractivity contribution < 1.29 is 9.59 Å². The SMILES string of the molecule is C=CN=C(C=C)CN(Sc1ccc(C=O)cc1)C(=O)C(C)(C)C. The van der Waals surface area contributed by atoms with E-state index in [0.717, 1.165) is 11.2 Å². The number of hydrogen-bond acceptors (Lipinski definition) is 4. The number of carbonyl (C=O) groups is 2. The Hall–Kier alpha value is -2.14. The summed E-state index contributed by atoms with van der Waals surface area (Å²) in [6, 6.07) is 7.08. The molecule has 0 unspecified atom stereocenters. The Morgan fingerprint density at radius 2 is 1.87 bits per heavy atom. The lowest BCUT2D eigenvalue weighted by molar-refractivity contribution is -0.133. The minimum atomic E-state index is -0.518. The van der Waals surface area contributed by atoms with Gasteiger partial charge in [0.25, 0.3) is 0 Å². The predicted octanol–water partition coefficient (Wildman–Crippen LogP) is 4.15. The van der Waals surface area contributed by atoms with Crippen LogP contribution in [-0.2, 0) is 4.79 Å². The number of aliphatic imine (C=N–C) groups is 1. The minimum absolute atomic E-state index is 0.0134. The van der Waals surface area contributed by atoms with Crippen LogP contribution in [0, 0.1) is 5.41 Å². The number of aldehydes is 1. The monoisotopic (exact) mass is 330 g/mol. The number of benzene rings is 1. The zero-order valence-corrected chi connectivity index (χ0v) is 14.6. The molecule has 0 aliphatic carbocycles. The summed E-state index contributed by atoms with van der Waals surface area (Å²) in [6.45, 7) is 13.2. The molecule has 0 atom stereocenters. The van der Waals surface area contributed by atoms with Crippen molar-refractivity contribution >= 4 is 29.9 Å². The molecule has 0 heterocycles. The first-order valence-corrected chi connectivity index (χ1v) is 7.94. The molecular formula is C18H22N2O2S. The van der Waals surface area contributed by atoms with Gasteiger partial charge in [-0.25, -0.2) is 0 Å². The summed E-state index contributed by atoms with van der Waals surface area (Å²) in [5, 5.41) is 0. The van der Waals surface area contributed by atoms with Gasteiger partial charge in [0.15, 0.2) is 0 Å². The summed E-state index contributed by atoms with van der Waals surface area (Å²) in [6.07, 6.45) is 3.83. The molecule has 1 amide bonds. The number of rotatable bonds is 7. The number of nitrogens with zero attached hydrogens (tertiary/aromatic N) is 2.